The van der Waals surface area contributed by atoms with Gasteiger partial charge in [0.25, 0.3) is 0 Å². The minimum Gasteiger partial charge on any atom is -0.452 e. The zero-order valence-corrected chi connectivity index (χ0v) is 14.8. The van der Waals surface area contributed by atoms with E-state index in [0.29, 0.717) is 18.8 Å². The monoisotopic (exact) mass is 366 g/mol. The summed E-state index contributed by atoms with van der Waals surface area (Å²) in [7, 11) is -3.53. The summed E-state index contributed by atoms with van der Waals surface area (Å²) in [6.07, 6.45) is 1.02. The SMILES string of the molecule is CCCNCc1cc(S(=O)(=O)N(CC)C(C)C)c(Br)o1. The minimum atomic E-state index is -3.53. The lowest BCUT2D eigenvalue weighted by Crippen LogP contribution is -2.36. The van der Waals surface area contributed by atoms with Gasteiger partial charge in [0.1, 0.15) is 10.7 Å². The maximum absolute atomic E-state index is 12.6. The van der Waals surface area contributed by atoms with E-state index in [0.717, 1.165) is 13.0 Å². The van der Waals surface area contributed by atoms with Crippen molar-refractivity contribution in [1.29, 1.82) is 0 Å². The summed E-state index contributed by atoms with van der Waals surface area (Å²) >= 11 is 3.21. The molecule has 0 saturated heterocycles. The van der Waals surface area contributed by atoms with E-state index in [4.69, 9.17) is 4.42 Å². The molecule has 1 N–H and O–H groups in total. The van der Waals surface area contributed by atoms with Crippen molar-refractivity contribution in [2.75, 3.05) is 13.1 Å². The summed E-state index contributed by atoms with van der Waals surface area (Å²) in [4.78, 5) is 0.196. The van der Waals surface area contributed by atoms with Crippen LogP contribution in [0.2, 0.25) is 0 Å². The number of sulfonamides is 1. The minimum absolute atomic E-state index is 0.0894. The topological polar surface area (TPSA) is 62.6 Å². The third-order valence-electron chi connectivity index (χ3n) is 2.91. The van der Waals surface area contributed by atoms with Crippen LogP contribution in [0.15, 0.2) is 20.0 Å². The van der Waals surface area contributed by atoms with Gasteiger partial charge in [-0.1, -0.05) is 13.8 Å². The van der Waals surface area contributed by atoms with Gasteiger partial charge in [0.2, 0.25) is 10.0 Å². The fourth-order valence-electron chi connectivity index (χ4n) is 1.99. The van der Waals surface area contributed by atoms with Crippen molar-refractivity contribution in [3.8, 4) is 0 Å². The Balaban J connectivity index is 3.01. The molecule has 7 heteroatoms. The molecule has 20 heavy (non-hydrogen) atoms. The van der Waals surface area contributed by atoms with Gasteiger partial charge in [-0.2, -0.15) is 4.31 Å². The Kier molecular flexibility index (Phi) is 6.71. The lowest BCUT2D eigenvalue weighted by molar-refractivity contribution is 0.368. The highest BCUT2D eigenvalue weighted by molar-refractivity contribution is 9.10. The second-order valence-corrected chi connectivity index (χ2v) is 7.41. The van der Waals surface area contributed by atoms with Crippen LogP contribution in [0, 0.1) is 0 Å². The lowest BCUT2D eigenvalue weighted by Gasteiger charge is -2.23. The van der Waals surface area contributed by atoms with E-state index in [-0.39, 0.29) is 15.6 Å². The fourth-order valence-corrected chi connectivity index (χ4v) is 4.60. The van der Waals surface area contributed by atoms with Crippen LogP contribution in [0.4, 0.5) is 0 Å². The fraction of sp³-hybridized carbons (Fsp3) is 0.692. The van der Waals surface area contributed by atoms with E-state index in [9.17, 15) is 8.42 Å². The quantitative estimate of drug-likeness (QED) is 0.718. The maximum Gasteiger partial charge on any atom is 0.247 e. The Morgan fingerprint density at radius 1 is 1.40 bits per heavy atom. The van der Waals surface area contributed by atoms with Gasteiger partial charge >= 0.3 is 0 Å². The molecule has 1 heterocycles. The summed E-state index contributed by atoms with van der Waals surface area (Å²) < 4.78 is 32.4. The number of nitrogens with zero attached hydrogens (tertiary/aromatic N) is 1. The Bertz CT molecular complexity index is 526. The van der Waals surface area contributed by atoms with Crippen LogP contribution in [0.1, 0.15) is 39.9 Å². The Morgan fingerprint density at radius 3 is 2.55 bits per heavy atom. The molecule has 0 aromatic carbocycles. The molecule has 0 unspecified atom stereocenters. The van der Waals surface area contributed by atoms with E-state index in [1.807, 2.05) is 20.8 Å². The van der Waals surface area contributed by atoms with E-state index in [1.54, 1.807) is 6.07 Å². The van der Waals surface area contributed by atoms with Crippen LogP contribution in [0.25, 0.3) is 0 Å². The number of nitrogens with one attached hydrogen (secondary N) is 1. The van der Waals surface area contributed by atoms with Crippen LogP contribution >= 0.6 is 15.9 Å². The molecule has 0 aliphatic carbocycles. The first kappa shape index (κ1) is 17.7. The van der Waals surface area contributed by atoms with E-state index in [1.165, 1.54) is 4.31 Å². The lowest BCUT2D eigenvalue weighted by atomic mass is 10.4. The number of hydrogen-bond acceptors (Lipinski definition) is 4. The molecule has 5 nitrogen and oxygen atoms in total. The first-order valence-corrected chi connectivity index (χ1v) is 9.08. The molecule has 0 amide bonds. The van der Waals surface area contributed by atoms with Crippen LogP contribution < -0.4 is 5.32 Å². The van der Waals surface area contributed by atoms with Crippen LogP contribution in [-0.4, -0.2) is 31.9 Å². The molecule has 1 rings (SSSR count). The van der Waals surface area contributed by atoms with E-state index < -0.39 is 10.0 Å². The zero-order chi connectivity index (χ0) is 15.3. The largest absolute Gasteiger partial charge is 0.452 e. The predicted molar refractivity (Wildman–Crippen MR) is 83.1 cm³/mol. The number of furan rings is 1. The highest BCUT2D eigenvalue weighted by atomic mass is 79.9. The van der Waals surface area contributed by atoms with Gasteiger partial charge in [0.05, 0.1) is 6.54 Å². The van der Waals surface area contributed by atoms with Gasteiger partial charge in [-0.05, 0) is 42.7 Å². The smallest absolute Gasteiger partial charge is 0.247 e. The maximum atomic E-state index is 12.6. The molecular formula is C13H23BrN2O3S. The average molecular weight is 367 g/mol. The van der Waals surface area contributed by atoms with Gasteiger partial charge in [-0.15, -0.1) is 0 Å². The molecule has 0 spiro atoms. The first-order chi connectivity index (χ1) is 9.34. The molecular weight excluding hydrogens is 344 g/mol. The van der Waals surface area contributed by atoms with Crippen LogP contribution in [0.3, 0.4) is 0 Å². The summed E-state index contributed by atoms with van der Waals surface area (Å²) in [5.74, 6) is 0.615. The molecule has 0 atom stereocenters. The molecule has 1 aromatic rings. The van der Waals surface area contributed by atoms with Crippen molar-refractivity contribution in [3.05, 3.63) is 16.5 Å². The summed E-state index contributed by atoms with van der Waals surface area (Å²) in [5.41, 5.74) is 0. The van der Waals surface area contributed by atoms with Gasteiger partial charge in [-0.25, -0.2) is 8.42 Å². The zero-order valence-electron chi connectivity index (χ0n) is 12.4. The van der Waals surface area contributed by atoms with Crippen molar-refractivity contribution >= 4 is 26.0 Å². The van der Waals surface area contributed by atoms with Gasteiger partial charge in [0.15, 0.2) is 4.67 Å². The van der Waals surface area contributed by atoms with Gasteiger partial charge < -0.3 is 9.73 Å². The first-order valence-electron chi connectivity index (χ1n) is 6.85. The molecule has 0 fully saturated rings. The van der Waals surface area contributed by atoms with Gasteiger partial charge in [-0.3, -0.25) is 0 Å². The van der Waals surface area contributed by atoms with Crippen molar-refractivity contribution in [3.63, 3.8) is 0 Å². The third kappa shape index (κ3) is 4.07. The number of hydrogen-bond donors (Lipinski definition) is 1. The molecule has 116 valence electrons. The molecule has 0 saturated carbocycles. The Labute approximate surface area is 129 Å². The normalized spacial score (nSPS) is 12.6. The highest BCUT2D eigenvalue weighted by Gasteiger charge is 2.30. The van der Waals surface area contributed by atoms with E-state index >= 15 is 0 Å². The number of rotatable bonds is 8. The summed E-state index contributed by atoms with van der Waals surface area (Å²) in [6, 6.07) is 1.50. The molecule has 1 aromatic heterocycles. The molecule has 0 aliphatic heterocycles. The van der Waals surface area contributed by atoms with Crippen molar-refractivity contribution in [1.82, 2.24) is 9.62 Å². The third-order valence-corrected chi connectivity index (χ3v) is 5.91. The molecule has 0 bridgehead atoms. The summed E-state index contributed by atoms with van der Waals surface area (Å²) in [6.45, 7) is 9.44. The summed E-state index contributed by atoms with van der Waals surface area (Å²) in [5, 5.41) is 3.19. The average Bonchev–Trinajstić information content (AvgIpc) is 2.71. The van der Waals surface area contributed by atoms with Crippen LogP contribution in [-0.2, 0) is 16.6 Å². The second kappa shape index (κ2) is 7.59. The second-order valence-electron chi connectivity index (χ2n) is 4.83. The Hall–Kier alpha value is -0.370. The predicted octanol–water partition coefficient (Wildman–Crippen LogP) is 2.96. The van der Waals surface area contributed by atoms with Crippen LogP contribution in [0.5, 0.6) is 0 Å². The standard InChI is InChI=1S/C13H23BrN2O3S/c1-5-7-15-9-11-8-12(13(14)19-11)20(17,18)16(6-2)10(3)4/h8,10,15H,5-7,9H2,1-4H3. The van der Waals surface area contributed by atoms with Crippen molar-refractivity contribution in [2.24, 2.45) is 0 Å². The van der Waals surface area contributed by atoms with Crippen molar-refractivity contribution in [2.45, 2.75) is 51.6 Å². The number of halogens is 1. The van der Waals surface area contributed by atoms with Crippen molar-refractivity contribution < 1.29 is 12.8 Å². The molecule has 0 radical (unpaired) electrons. The van der Waals surface area contributed by atoms with E-state index in [2.05, 4.69) is 28.2 Å². The molecule has 0 aliphatic rings. The van der Waals surface area contributed by atoms with Gasteiger partial charge in [0, 0.05) is 18.7 Å². The Morgan fingerprint density at radius 2 is 2.05 bits per heavy atom. The highest BCUT2D eigenvalue weighted by Crippen LogP contribution is 2.29.